The Morgan fingerprint density at radius 2 is 1.76 bits per heavy atom. The first-order valence-corrected chi connectivity index (χ1v) is 13.1. The Hall–Kier alpha value is -3.88. The third-order valence-corrected chi connectivity index (χ3v) is 7.42. The SMILES string of the molecule is C[C@H]1O[C@H](c2cn(-c3ccc(Br)cc3)cc2-c2ccc(F)cc2)N(CCc2ccc3c(c2)=CC(=O)N=3)C1=O. The Morgan fingerprint density at radius 1 is 1.00 bits per heavy atom. The highest BCUT2D eigenvalue weighted by atomic mass is 79.9. The van der Waals surface area contributed by atoms with Crippen LogP contribution in [0.4, 0.5) is 4.39 Å². The van der Waals surface area contributed by atoms with Crippen molar-refractivity contribution in [3.8, 4) is 16.8 Å². The fourth-order valence-electron chi connectivity index (χ4n) is 4.95. The number of hydrogen-bond acceptors (Lipinski definition) is 3. The van der Waals surface area contributed by atoms with E-state index in [0.717, 1.165) is 37.6 Å². The number of nitrogens with zero attached hydrogens (tertiary/aromatic N) is 3. The lowest BCUT2D eigenvalue weighted by Crippen LogP contribution is -2.32. The molecule has 8 heteroatoms. The van der Waals surface area contributed by atoms with Gasteiger partial charge in [0.05, 0.1) is 5.36 Å². The van der Waals surface area contributed by atoms with Crippen molar-refractivity contribution < 1.29 is 18.7 Å². The monoisotopic (exact) mass is 571 g/mol. The van der Waals surface area contributed by atoms with E-state index in [-0.39, 0.29) is 17.6 Å². The number of ether oxygens (including phenoxy) is 1. The van der Waals surface area contributed by atoms with Gasteiger partial charge in [-0.25, -0.2) is 9.38 Å². The van der Waals surface area contributed by atoms with Crippen LogP contribution < -0.4 is 10.6 Å². The van der Waals surface area contributed by atoms with E-state index in [2.05, 4.69) is 20.9 Å². The zero-order chi connectivity index (χ0) is 26.4. The lowest BCUT2D eigenvalue weighted by molar-refractivity contribution is -0.130. The zero-order valence-corrected chi connectivity index (χ0v) is 22.1. The van der Waals surface area contributed by atoms with Crippen LogP contribution in [-0.2, 0) is 20.7 Å². The predicted octanol–water partition coefficient (Wildman–Crippen LogP) is 4.47. The summed E-state index contributed by atoms with van der Waals surface area (Å²) in [5.74, 6) is -0.654. The average molecular weight is 572 g/mol. The molecule has 1 aromatic heterocycles. The van der Waals surface area contributed by atoms with Crippen LogP contribution in [0.1, 0.15) is 24.3 Å². The summed E-state index contributed by atoms with van der Waals surface area (Å²) < 4.78 is 22.9. The highest BCUT2D eigenvalue weighted by molar-refractivity contribution is 9.10. The summed E-state index contributed by atoms with van der Waals surface area (Å²) in [4.78, 5) is 30.6. The number of fused-ring (bicyclic) bond motifs is 1. The molecule has 2 aliphatic heterocycles. The van der Waals surface area contributed by atoms with Crippen LogP contribution in [0.3, 0.4) is 0 Å². The van der Waals surface area contributed by atoms with Crippen molar-refractivity contribution in [3.05, 3.63) is 111 Å². The molecule has 2 aliphatic rings. The molecule has 3 aromatic carbocycles. The van der Waals surface area contributed by atoms with E-state index in [4.69, 9.17) is 4.74 Å². The first-order chi connectivity index (χ1) is 18.4. The maximum absolute atomic E-state index is 13.7. The molecule has 0 bridgehead atoms. The molecule has 0 saturated carbocycles. The standard InChI is InChI=1S/C30H23BrFN3O3/c1-18-29(37)35(13-12-19-2-11-27-21(14-19)15-28(36)33-27)30(38-18)26-17-34(24-9-5-22(31)6-10-24)16-25(26)20-3-7-23(32)8-4-20/h2-11,14-18,30H,12-13H2,1H3/t18-,30-/m1/s1. The lowest BCUT2D eigenvalue weighted by Gasteiger charge is -2.24. The summed E-state index contributed by atoms with van der Waals surface area (Å²) in [7, 11) is 0. The number of carbonyl (C=O) groups excluding carboxylic acids is 2. The molecule has 1 fully saturated rings. The number of amides is 2. The fourth-order valence-corrected chi connectivity index (χ4v) is 5.22. The third kappa shape index (κ3) is 4.61. The van der Waals surface area contributed by atoms with Gasteiger partial charge >= 0.3 is 0 Å². The summed E-state index contributed by atoms with van der Waals surface area (Å²) in [6.07, 6.45) is 4.87. The largest absolute Gasteiger partial charge is 0.341 e. The molecule has 0 unspecified atom stereocenters. The zero-order valence-electron chi connectivity index (χ0n) is 20.5. The first kappa shape index (κ1) is 24.5. The lowest BCUT2D eigenvalue weighted by atomic mass is 10.0. The second-order valence-corrected chi connectivity index (χ2v) is 10.3. The molecule has 4 aromatic rings. The molecule has 2 atom stereocenters. The van der Waals surface area contributed by atoms with Crippen LogP contribution in [0, 0.1) is 5.82 Å². The summed E-state index contributed by atoms with van der Waals surface area (Å²) in [6.45, 7) is 2.19. The summed E-state index contributed by atoms with van der Waals surface area (Å²) >= 11 is 3.48. The van der Waals surface area contributed by atoms with Crippen LogP contribution in [-0.4, -0.2) is 33.9 Å². The van der Waals surface area contributed by atoms with Gasteiger partial charge in [-0.15, -0.1) is 0 Å². The van der Waals surface area contributed by atoms with Crippen molar-refractivity contribution in [1.29, 1.82) is 0 Å². The number of hydrogen-bond donors (Lipinski definition) is 0. The van der Waals surface area contributed by atoms with Crippen LogP contribution in [0.2, 0.25) is 0 Å². The highest BCUT2D eigenvalue weighted by Gasteiger charge is 2.40. The average Bonchev–Trinajstić information content (AvgIpc) is 3.58. The predicted molar refractivity (Wildman–Crippen MR) is 144 cm³/mol. The minimum Gasteiger partial charge on any atom is -0.341 e. The minimum absolute atomic E-state index is 0.0886. The third-order valence-electron chi connectivity index (χ3n) is 6.89. The Balaban J connectivity index is 1.36. The summed E-state index contributed by atoms with van der Waals surface area (Å²) in [5, 5.41) is 1.47. The van der Waals surface area contributed by atoms with Gasteiger partial charge in [0.25, 0.3) is 11.8 Å². The normalized spacial score (nSPS) is 18.4. The van der Waals surface area contributed by atoms with Crippen molar-refractivity contribution in [2.24, 2.45) is 4.99 Å². The molecule has 6 rings (SSSR count). The van der Waals surface area contributed by atoms with Crippen molar-refractivity contribution >= 4 is 33.8 Å². The minimum atomic E-state index is -0.605. The molecular formula is C30H23BrFN3O3. The first-order valence-electron chi connectivity index (χ1n) is 12.3. The molecular weight excluding hydrogens is 549 g/mol. The van der Waals surface area contributed by atoms with E-state index in [1.165, 1.54) is 18.2 Å². The van der Waals surface area contributed by atoms with Gasteiger partial charge in [0, 0.05) is 51.5 Å². The van der Waals surface area contributed by atoms with Crippen LogP contribution >= 0.6 is 15.9 Å². The summed E-state index contributed by atoms with van der Waals surface area (Å²) in [5.41, 5.74) is 4.46. The molecule has 2 amide bonds. The van der Waals surface area contributed by atoms with E-state index < -0.39 is 12.3 Å². The van der Waals surface area contributed by atoms with E-state index in [1.54, 1.807) is 24.0 Å². The molecule has 0 radical (unpaired) electrons. The second kappa shape index (κ2) is 9.78. The van der Waals surface area contributed by atoms with Crippen molar-refractivity contribution in [2.75, 3.05) is 6.54 Å². The Kier molecular flexibility index (Phi) is 6.29. The van der Waals surface area contributed by atoms with Gasteiger partial charge in [-0.3, -0.25) is 9.59 Å². The van der Waals surface area contributed by atoms with Crippen LogP contribution in [0.15, 0.2) is 88.6 Å². The smallest absolute Gasteiger partial charge is 0.270 e. The van der Waals surface area contributed by atoms with Gasteiger partial charge in [0.1, 0.15) is 11.9 Å². The molecule has 0 aliphatic carbocycles. The van der Waals surface area contributed by atoms with Gasteiger partial charge in [-0.2, -0.15) is 0 Å². The van der Waals surface area contributed by atoms with Crippen molar-refractivity contribution in [2.45, 2.75) is 25.7 Å². The molecule has 0 spiro atoms. The molecule has 3 heterocycles. The Labute approximate surface area is 226 Å². The second-order valence-electron chi connectivity index (χ2n) is 9.42. The number of rotatable bonds is 6. The van der Waals surface area contributed by atoms with E-state index in [9.17, 15) is 14.0 Å². The number of benzene rings is 3. The van der Waals surface area contributed by atoms with Gasteiger partial charge in [-0.05, 0) is 73.0 Å². The maximum atomic E-state index is 13.7. The van der Waals surface area contributed by atoms with E-state index >= 15 is 0 Å². The topological polar surface area (TPSA) is 63.9 Å². The van der Waals surface area contributed by atoms with E-state index in [0.29, 0.717) is 18.3 Å². The van der Waals surface area contributed by atoms with Crippen molar-refractivity contribution in [3.63, 3.8) is 0 Å². The fraction of sp³-hybridized carbons (Fsp3) is 0.167. The highest BCUT2D eigenvalue weighted by Crippen LogP contribution is 2.38. The molecule has 0 N–H and O–H groups in total. The van der Waals surface area contributed by atoms with Gasteiger partial charge in [-0.1, -0.05) is 34.1 Å². The molecule has 1 saturated heterocycles. The number of halogens is 2. The van der Waals surface area contributed by atoms with Gasteiger partial charge < -0.3 is 14.2 Å². The van der Waals surface area contributed by atoms with Crippen LogP contribution in [0.25, 0.3) is 22.9 Å². The number of carbonyl (C=O) groups is 2. The van der Waals surface area contributed by atoms with Crippen LogP contribution in [0.5, 0.6) is 0 Å². The van der Waals surface area contributed by atoms with Gasteiger partial charge in [0.15, 0.2) is 6.23 Å². The van der Waals surface area contributed by atoms with Gasteiger partial charge in [0.2, 0.25) is 0 Å². The molecule has 190 valence electrons. The van der Waals surface area contributed by atoms with Crippen molar-refractivity contribution in [1.82, 2.24) is 9.47 Å². The molecule has 38 heavy (non-hydrogen) atoms. The number of aromatic nitrogens is 1. The quantitative estimate of drug-likeness (QED) is 0.343. The summed E-state index contributed by atoms with van der Waals surface area (Å²) in [6, 6.07) is 19.9. The Morgan fingerprint density at radius 3 is 2.53 bits per heavy atom. The molecule has 6 nitrogen and oxygen atoms in total. The Bertz CT molecular complexity index is 1680. The maximum Gasteiger partial charge on any atom is 0.270 e. The van der Waals surface area contributed by atoms with E-state index in [1.807, 2.05) is 59.4 Å².